The fourth-order valence-corrected chi connectivity index (χ4v) is 4.73. The third-order valence-electron chi connectivity index (χ3n) is 6.92. The van der Waals surface area contributed by atoms with E-state index in [1.165, 1.54) is 29.6 Å². The number of ether oxygens (including phenoxy) is 4. The van der Waals surface area contributed by atoms with Crippen molar-refractivity contribution >= 4 is 17.9 Å². The van der Waals surface area contributed by atoms with E-state index in [2.05, 4.69) is 15.1 Å². The molecule has 6 rings (SSSR count). The first kappa shape index (κ1) is 29.1. The zero-order valence-corrected chi connectivity index (χ0v) is 23.5. The maximum absolute atomic E-state index is 13.3. The van der Waals surface area contributed by atoms with Crippen molar-refractivity contribution in [3.63, 3.8) is 0 Å². The highest BCUT2D eigenvalue weighted by Crippen LogP contribution is 2.35. The maximum Gasteiger partial charge on any atom is 0.351 e. The van der Waals surface area contributed by atoms with Gasteiger partial charge in [0, 0.05) is 6.20 Å². The average molecular weight is 608 g/mol. The molecule has 5 aromatic rings. The highest BCUT2D eigenvalue weighted by atomic mass is 16.7. The first-order valence-corrected chi connectivity index (χ1v) is 13.8. The van der Waals surface area contributed by atoms with Gasteiger partial charge in [-0.25, -0.2) is 28.8 Å². The lowest BCUT2D eigenvalue weighted by atomic mass is 10.1. The molecule has 13 heteroatoms. The molecule has 1 fully saturated rings. The van der Waals surface area contributed by atoms with Crippen LogP contribution in [0.15, 0.2) is 121 Å². The Morgan fingerprint density at radius 2 is 1.29 bits per heavy atom. The Hall–Kier alpha value is -5.95. The number of hydrogen-bond donors (Lipinski definition) is 0. The van der Waals surface area contributed by atoms with Gasteiger partial charge in [-0.1, -0.05) is 54.6 Å². The summed E-state index contributed by atoms with van der Waals surface area (Å²) in [5, 5.41) is 3.98. The van der Waals surface area contributed by atoms with Crippen LogP contribution in [0.5, 0.6) is 0 Å². The molecular weight excluding hydrogens is 582 g/mol. The van der Waals surface area contributed by atoms with Crippen molar-refractivity contribution in [1.29, 1.82) is 0 Å². The van der Waals surface area contributed by atoms with Gasteiger partial charge in [0.2, 0.25) is 0 Å². The molecule has 13 nitrogen and oxygen atoms in total. The van der Waals surface area contributed by atoms with Crippen molar-refractivity contribution in [1.82, 2.24) is 24.3 Å². The van der Waals surface area contributed by atoms with Gasteiger partial charge < -0.3 is 18.9 Å². The zero-order chi connectivity index (χ0) is 31.2. The zero-order valence-electron chi connectivity index (χ0n) is 23.5. The summed E-state index contributed by atoms with van der Waals surface area (Å²) in [6.45, 7) is -0.393. The number of rotatable bonds is 9. The topological polar surface area (TPSA) is 154 Å². The summed E-state index contributed by atoms with van der Waals surface area (Å²) in [4.78, 5) is 60.6. The highest BCUT2D eigenvalue weighted by molar-refractivity contribution is 5.91. The minimum atomic E-state index is -1.36. The summed E-state index contributed by atoms with van der Waals surface area (Å²) < 4.78 is 25.9. The Morgan fingerprint density at radius 3 is 1.82 bits per heavy atom. The molecule has 0 spiro atoms. The van der Waals surface area contributed by atoms with E-state index in [1.807, 2.05) is 0 Å². The monoisotopic (exact) mass is 607 g/mol. The number of nitrogens with zero attached hydrogens (tertiary/aromatic N) is 5. The van der Waals surface area contributed by atoms with Gasteiger partial charge in [0.25, 0.3) is 0 Å². The summed E-state index contributed by atoms with van der Waals surface area (Å²) in [6.07, 6.45) is -1.09. The first-order valence-electron chi connectivity index (χ1n) is 13.8. The second-order valence-electron chi connectivity index (χ2n) is 9.82. The summed E-state index contributed by atoms with van der Waals surface area (Å²) in [7, 11) is 0. The molecule has 2 aromatic heterocycles. The number of carbonyl (C=O) groups is 3. The van der Waals surface area contributed by atoms with E-state index in [0.29, 0.717) is 5.56 Å². The van der Waals surface area contributed by atoms with Crippen LogP contribution in [0.1, 0.15) is 37.3 Å². The Bertz CT molecular complexity index is 1830. The van der Waals surface area contributed by atoms with Gasteiger partial charge in [-0.2, -0.15) is 10.1 Å². The van der Waals surface area contributed by atoms with Gasteiger partial charge in [0.05, 0.1) is 16.7 Å². The molecule has 0 unspecified atom stereocenters. The van der Waals surface area contributed by atoms with E-state index in [4.69, 9.17) is 18.9 Å². The van der Waals surface area contributed by atoms with E-state index < -0.39 is 54.7 Å². The van der Waals surface area contributed by atoms with Crippen LogP contribution in [0.25, 0.3) is 5.82 Å². The standard InChI is InChI=1S/C32H25N5O8/c38-29(21-10-4-1-5-11-21)42-18-24-26(44-30(39)22-12-6-2-7-13-22)27(45-31(40)23-14-8-3-9-15-23)28(43-24)36-17-16-25(35-32(36)41)37-20-33-19-34-37/h1-17,19-20,24,26-28H,18H2/t24-,26-,27-,28-/m0/s1. The van der Waals surface area contributed by atoms with Crippen LogP contribution >= 0.6 is 0 Å². The van der Waals surface area contributed by atoms with E-state index in [9.17, 15) is 19.2 Å². The second-order valence-corrected chi connectivity index (χ2v) is 9.82. The molecule has 0 saturated carbocycles. The van der Waals surface area contributed by atoms with Crippen molar-refractivity contribution < 1.29 is 33.3 Å². The lowest BCUT2D eigenvalue weighted by Crippen LogP contribution is -2.42. The third kappa shape index (κ3) is 6.53. The minimum absolute atomic E-state index is 0.185. The summed E-state index contributed by atoms with van der Waals surface area (Å²) in [5.74, 6) is -1.95. The number of aromatic nitrogens is 5. The third-order valence-corrected chi connectivity index (χ3v) is 6.92. The molecule has 3 heterocycles. The highest BCUT2D eigenvalue weighted by Gasteiger charge is 2.51. The van der Waals surface area contributed by atoms with Crippen LogP contribution in [-0.2, 0) is 18.9 Å². The molecule has 0 N–H and O–H groups in total. The van der Waals surface area contributed by atoms with Crippen LogP contribution in [0.3, 0.4) is 0 Å². The lowest BCUT2D eigenvalue weighted by molar-refractivity contribution is -0.0639. The Kier molecular flexibility index (Phi) is 8.51. The average Bonchev–Trinajstić information content (AvgIpc) is 3.74. The second kappa shape index (κ2) is 13.1. The maximum atomic E-state index is 13.3. The quantitative estimate of drug-likeness (QED) is 0.179. The molecule has 0 bridgehead atoms. The van der Waals surface area contributed by atoms with Crippen LogP contribution in [0.2, 0.25) is 0 Å². The Morgan fingerprint density at radius 1 is 0.733 bits per heavy atom. The molecule has 0 radical (unpaired) electrons. The smallest absolute Gasteiger partial charge is 0.351 e. The Balaban J connectivity index is 1.36. The SMILES string of the molecule is O=C(OC[C@@H]1O[C@H](n2ccc(-n3cncn3)nc2=O)[C@@H](OC(=O)c2ccccc2)[C@H]1OC(=O)c1ccccc1)c1ccccc1. The lowest BCUT2D eigenvalue weighted by Gasteiger charge is -2.25. The fourth-order valence-electron chi connectivity index (χ4n) is 4.73. The molecule has 45 heavy (non-hydrogen) atoms. The molecule has 0 aliphatic carbocycles. The molecule has 3 aromatic carbocycles. The number of esters is 3. The first-order chi connectivity index (χ1) is 22.0. The molecule has 4 atom stereocenters. The van der Waals surface area contributed by atoms with Crippen LogP contribution in [0.4, 0.5) is 0 Å². The summed E-state index contributed by atoms with van der Waals surface area (Å²) in [5.41, 5.74) is -0.0367. The number of carbonyl (C=O) groups excluding carboxylic acids is 3. The molecule has 1 aliphatic heterocycles. The van der Waals surface area contributed by atoms with Gasteiger partial charge in [0.1, 0.15) is 25.4 Å². The van der Waals surface area contributed by atoms with E-state index >= 15 is 0 Å². The van der Waals surface area contributed by atoms with Gasteiger partial charge in [-0.15, -0.1) is 0 Å². The van der Waals surface area contributed by atoms with Gasteiger partial charge in [-0.05, 0) is 42.5 Å². The van der Waals surface area contributed by atoms with Crippen LogP contribution < -0.4 is 5.69 Å². The van der Waals surface area contributed by atoms with E-state index in [-0.39, 0.29) is 16.9 Å². The largest absolute Gasteiger partial charge is 0.459 e. The van der Waals surface area contributed by atoms with Crippen molar-refractivity contribution in [2.24, 2.45) is 0 Å². The van der Waals surface area contributed by atoms with Crippen molar-refractivity contribution in [2.45, 2.75) is 24.5 Å². The molecule has 0 amide bonds. The summed E-state index contributed by atoms with van der Waals surface area (Å²) in [6, 6.07) is 26.1. The minimum Gasteiger partial charge on any atom is -0.459 e. The molecule has 1 saturated heterocycles. The van der Waals surface area contributed by atoms with Crippen molar-refractivity contribution in [3.05, 3.63) is 143 Å². The Labute approximate surface area is 255 Å². The van der Waals surface area contributed by atoms with Crippen molar-refractivity contribution in [3.8, 4) is 5.82 Å². The number of benzene rings is 3. The predicted molar refractivity (Wildman–Crippen MR) is 155 cm³/mol. The van der Waals surface area contributed by atoms with Gasteiger partial charge in [-0.3, -0.25) is 4.57 Å². The van der Waals surface area contributed by atoms with Gasteiger partial charge >= 0.3 is 23.6 Å². The van der Waals surface area contributed by atoms with Crippen LogP contribution in [0, 0.1) is 0 Å². The van der Waals surface area contributed by atoms with Gasteiger partial charge in [0.15, 0.2) is 24.3 Å². The molecular formula is C32H25N5O8. The van der Waals surface area contributed by atoms with Crippen molar-refractivity contribution in [2.75, 3.05) is 6.61 Å². The number of hydrogen-bond acceptors (Lipinski definition) is 11. The van der Waals surface area contributed by atoms with Crippen LogP contribution in [-0.4, -0.2) is 67.1 Å². The molecule has 226 valence electrons. The van der Waals surface area contributed by atoms with E-state index in [0.717, 1.165) is 4.57 Å². The van der Waals surface area contributed by atoms with E-state index in [1.54, 1.807) is 91.0 Å². The predicted octanol–water partition coefficient (Wildman–Crippen LogP) is 3.03. The molecule has 1 aliphatic rings. The normalized spacial score (nSPS) is 19.0. The summed E-state index contributed by atoms with van der Waals surface area (Å²) >= 11 is 0. The fraction of sp³-hybridized carbons (Fsp3) is 0.156.